The lowest BCUT2D eigenvalue weighted by atomic mass is 10.1. The largest absolute Gasteiger partial charge is 0.493 e. The normalized spacial score (nSPS) is 10.1. The van der Waals surface area contributed by atoms with Crippen molar-refractivity contribution in [3.63, 3.8) is 0 Å². The fourth-order valence-corrected chi connectivity index (χ4v) is 2.81. The van der Waals surface area contributed by atoms with Crippen LogP contribution in [0.1, 0.15) is 18.1 Å². The van der Waals surface area contributed by atoms with Gasteiger partial charge in [0.15, 0.2) is 4.98 Å². The molecule has 0 aromatic heterocycles. The van der Waals surface area contributed by atoms with Crippen molar-refractivity contribution in [1.29, 1.82) is 5.39 Å². The van der Waals surface area contributed by atoms with E-state index in [1.807, 2.05) is 74.5 Å². The molecule has 5 nitrogen and oxygen atoms in total. The Morgan fingerprint density at radius 1 is 1.00 bits per heavy atom. The lowest BCUT2D eigenvalue weighted by Gasteiger charge is -2.17. The monoisotopic (exact) mass is 360 g/mol. The first-order valence-corrected chi connectivity index (χ1v) is 8.89. The minimum absolute atomic E-state index is 0.309. The molecule has 136 valence electrons. The summed E-state index contributed by atoms with van der Waals surface area (Å²) in [5.74, 6) is 1.77. The van der Waals surface area contributed by atoms with Crippen LogP contribution in [0, 0.1) is 12.3 Å². The van der Waals surface area contributed by atoms with E-state index in [1.165, 1.54) is 0 Å². The number of anilines is 1. The van der Waals surface area contributed by atoms with Gasteiger partial charge in [0, 0.05) is 12.1 Å². The van der Waals surface area contributed by atoms with Crippen LogP contribution in [-0.2, 0) is 6.54 Å². The van der Waals surface area contributed by atoms with Gasteiger partial charge in [0.1, 0.15) is 11.5 Å². The highest BCUT2D eigenvalue weighted by molar-refractivity contribution is 5.78. The molecule has 0 amide bonds. The topological polar surface area (TPSA) is 58.6 Å². The maximum absolute atomic E-state index is 9.55. The zero-order chi connectivity index (χ0) is 19.1. The highest BCUT2D eigenvalue weighted by atomic mass is 16.5. The molecule has 1 N–H and O–H groups in total. The lowest BCUT2D eigenvalue weighted by molar-refractivity contribution is 0.337. The van der Waals surface area contributed by atoms with Crippen molar-refractivity contribution in [3.05, 3.63) is 82.8 Å². The van der Waals surface area contributed by atoms with E-state index >= 15 is 0 Å². The predicted molar refractivity (Wildman–Crippen MR) is 107 cm³/mol. The molecule has 0 bridgehead atoms. The van der Waals surface area contributed by atoms with Crippen LogP contribution >= 0.6 is 0 Å². The number of nitrogens with zero attached hydrogens (tertiary/aromatic N) is 2. The number of hydrogen-bond acceptors (Lipinski definition) is 4. The van der Waals surface area contributed by atoms with Gasteiger partial charge >= 0.3 is 5.69 Å². The van der Waals surface area contributed by atoms with E-state index in [0.29, 0.717) is 36.1 Å². The second-order valence-corrected chi connectivity index (χ2v) is 6.01. The zero-order valence-corrected chi connectivity index (χ0v) is 15.5. The summed E-state index contributed by atoms with van der Waals surface area (Å²) in [6, 6.07) is 21.2. The number of benzene rings is 3. The van der Waals surface area contributed by atoms with Gasteiger partial charge in [0.05, 0.1) is 18.4 Å². The van der Waals surface area contributed by atoms with Crippen molar-refractivity contribution in [2.75, 3.05) is 11.9 Å². The first-order valence-electron chi connectivity index (χ1n) is 8.89. The van der Waals surface area contributed by atoms with Crippen LogP contribution in [-0.4, -0.2) is 6.61 Å². The van der Waals surface area contributed by atoms with E-state index in [1.54, 1.807) is 6.07 Å². The fraction of sp³-hybridized carbons (Fsp3) is 0.182. The molecule has 0 aliphatic carbocycles. The zero-order valence-electron chi connectivity index (χ0n) is 15.5. The lowest BCUT2D eigenvalue weighted by Crippen LogP contribution is -2.05. The van der Waals surface area contributed by atoms with Gasteiger partial charge in [0.25, 0.3) is 0 Å². The van der Waals surface area contributed by atoms with E-state index < -0.39 is 0 Å². The fourth-order valence-electron chi connectivity index (χ4n) is 2.81. The maximum atomic E-state index is 9.55. The summed E-state index contributed by atoms with van der Waals surface area (Å²) in [4.78, 5) is 3.42. The minimum Gasteiger partial charge on any atom is -0.493 e. The summed E-state index contributed by atoms with van der Waals surface area (Å²) in [5, 5.41) is 13.0. The Hall–Kier alpha value is -3.52. The molecule has 0 atom stereocenters. The van der Waals surface area contributed by atoms with Crippen molar-refractivity contribution in [1.82, 2.24) is 0 Å². The van der Waals surface area contributed by atoms with Crippen molar-refractivity contribution >= 4 is 11.4 Å². The van der Waals surface area contributed by atoms with Crippen LogP contribution in [0.3, 0.4) is 0 Å². The van der Waals surface area contributed by atoms with Gasteiger partial charge in [0.2, 0.25) is 11.1 Å². The number of para-hydroxylation sites is 1. The van der Waals surface area contributed by atoms with E-state index in [2.05, 4.69) is 10.3 Å². The Balaban J connectivity index is 2.02. The van der Waals surface area contributed by atoms with Gasteiger partial charge in [-0.2, -0.15) is 0 Å². The van der Waals surface area contributed by atoms with Crippen molar-refractivity contribution in [2.45, 2.75) is 20.4 Å². The Bertz CT molecular complexity index is 935. The maximum Gasteiger partial charge on any atom is 0.432 e. The van der Waals surface area contributed by atoms with Crippen LogP contribution in [0.15, 0.2) is 66.7 Å². The molecule has 0 unspecified atom stereocenters. The summed E-state index contributed by atoms with van der Waals surface area (Å²) in [5.41, 5.74) is 3.07. The van der Waals surface area contributed by atoms with Crippen LogP contribution in [0.2, 0.25) is 0 Å². The molecule has 0 spiro atoms. The van der Waals surface area contributed by atoms with Crippen LogP contribution in [0.4, 0.5) is 11.4 Å². The van der Waals surface area contributed by atoms with Crippen molar-refractivity contribution in [3.8, 4) is 17.2 Å². The van der Waals surface area contributed by atoms with E-state index in [9.17, 15) is 5.39 Å². The number of nitrogens with one attached hydrogen (secondary N) is 1. The van der Waals surface area contributed by atoms with Gasteiger partial charge in [-0.3, -0.25) is 0 Å². The standard InChI is InChI=1S/C22H22N3O2/c1-3-26-20-14-19(25-23)22(27-18-12-8-5-9-13-18)21(16(20)2)24-15-17-10-6-4-7-11-17/h4-14,24H,3,15H2,1-2H3/q+1. The van der Waals surface area contributed by atoms with E-state index in [-0.39, 0.29) is 0 Å². The summed E-state index contributed by atoms with van der Waals surface area (Å²) in [7, 11) is 0. The third kappa shape index (κ3) is 4.36. The molecule has 0 radical (unpaired) electrons. The van der Waals surface area contributed by atoms with Crippen LogP contribution < -0.4 is 14.8 Å². The highest BCUT2D eigenvalue weighted by Crippen LogP contribution is 2.45. The molecule has 0 aliphatic heterocycles. The highest BCUT2D eigenvalue weighted by Gasteiger charge is 2.26. The summed E-state index contributed by atoms with van der Waals surface area (Å²) in [6.07, 6.45) is 0. The molecule has 0 saturated carbocycles. The second kappa shape index (κ2) is 8.72. The second-order valence-electron chi connectivity index (χ2n) is 6.01. The number of rotatable bonds is 7. The third-order valence-corrected chi connectivity index (χ3v) is 4.15. The smallest absolute Gasteiger partial charge is 0.432 e. The molecule has 3 aromatic rings. The molecule has 0 fully saturated rings. The quantitative estimate of drug-likeness (QED) is 0.504. The van der Waals surface area contributed by atoms with E-state index in [0.717, 1.165) is 16.8 Å². The predicted octanol–water partition coefficient (Wildman–Crippen LogP) is 6.28. The SMILES string of the molecule is CCOc1cc([N+]#N)c(Oc2ccccc2)c(NCc2ccccc2)c1C. The van der Waals surface area contributed by atoms with Gasteiger partial charge in [-0.05, 0) is 31.5 Å². The molecule has 0 saturated heterocycles. The summed E-state index contributed by atoms with van der Waals surface area (Å²) >= 11 is 0. The number of hydrogen-bond donors (Lipinski definition) is 1. The van der Waals surface area contributed by atoms with Gasteiger partial charge in [-0.1, -0.05) is 48.5 Å². The molecular weight excluding hydrogens is 338 g/mol. The molecular formula is C22H22N3O2+. The Labute approximate surface area is 159 Å². The van der Waals surface area contributed by atoms with Gasteiger partial charge in [-0.25, -0.2) is 0 Å². The van der Waals surface area contributed by atoms with Gasteiger partial charge < -0.3 is 14.8 Å². The molecule has 5 heteroatoms. The summed E-state index contributed by atoms with van der Waals surface area (Å²) < 4.78 is 11.8. The number of ether oxygens (including phenoxy) is 2. The van der Waals surface area contributed by atoms with Crippen molar-refractivity contribution < 1.29 is 9.47 Å². The Kier molecular flexibility index (Phi) is 5.91. The van der Waals surface area contributed by atoms with Crippen LogP contribution in [0.5, 0.6) is 17.2 Å². The first kappa shape index (κ1) is 18.3. The first-order chi connectivity index (χ1) is 13.2. The average Bonchev–Trinajstić information content (AvgIpc) is 2.71. The van der Waals surface area contributed by atoms with Crippen molar-refractivity contribution in [2.24, 2.45) is 0 Å². The average molecular weight is 360 g/mol. The molecule has 0 aliphatic rings. The summed E-state index contributed by atoms with van der Waals surface area (Å²) in [6.45, 7) is 4.99. The van der Waals surface area contributed by atoms with E-state index in [4.69, 9.17) is 9.47 Å². The number of diazo groups is 1. The Morgan fingerprint density at radius 3 is 2.30 bits per heavy atom. The third-order valence-electron chi connectivity index (χ3n) is 4.15. The minimum atomic E-state index is 0.309. The van der Waals surface area contributed by atoms with Gasteiger partial charge in [-0.15, -0.1) is 0 Å². The van der Waals surface area contributed by atoms with Crippen LogP contribution in [0.25, 0.3) is 4.98 Å². The molecule has 0 heterocycles. The Morgan fingerprint density at radius 2 is 1.67 bits per heavy atom. The molecule has 3 aromatic carbocycles. The molecule has 3 rings (SSSR count). The molecule has 27 heavy (non-hydrogen) atoms.